The van der Waals surface area contributed by atoms with Crippen molar-refractivity contribution >= 4 is 21.6 Å². The van der Waals surface area contributed by atoms with Crippen LogP contribution in [0.3, 0.4) is 0 Å². The number of nitrogens with one attached hydrogen (secondary N) is 2. The lowest BCUT2D eigenvalue weighted by molar-refractivity contribution is 0.0943. The molecular weight excluding hydrogens is 324 g/mol. The fourth-order valence-electron chi connectivity index (χ4n) is 2.38. The summed E-state index contributed by atoms with van der Waals surface area (Å²) in [5, 5.41) is 2.77. The van der Waals surface area contributed by atoms with Crippen molar-refractivity contribution in [1.29, 1.82) is 0 Å². The van der Waals surface area contributed by atoms with Crippen LogP contribution in [-0.2, 0) is 10.0 Å². The monoisotopic (exact) mass is 346 g/mol. The summed E-state index contributed by atoms with van der Waals surface area (Å²) in [6.45, 7) is 7.55. The Morgan fingerprint density at radius 2 is 1.50 bits per heavy atom. The molecule has 2 rings (SSSR count). The summed E-state index contributed by atoms with van der Waals surface area (Å²) in [6.07, 6.45) is 0. The van der Waals surface area contributed by atoms with E-state index in [0.29, 0.717) is 11.3 Å². The fourth-order valence-corrected chi connectivity index (χ4v) is 3.42. The second-order valence-corrected chi connectivity index (χ2v) is 7.82. The third-order valence-electron chi connectivity index (χ3n) is 3.32. The SMILES string of the molecule is Cc1cc(C)cc(NS(=O)(=O)c2ccc(C(=O)NC(C)C)cc2)c1. The molecule has 0 aliphatic carbocycles. The first-order valence-corrected chi connectivity index (χ1v) is 9.18. The Bertz CT molecular complexity index is 821. The fraction of sp³-hybridized carbons (Fsp3) is 0.278. The zero-order chi connectivity index (χ0) is 17.9. The molecule has 0 radical (unpaired) electrons. The van der Waals surface area contributed by atoms with Gasteiger partial charge in [0.15, 0.2) is 0 Å². The van der Waals surface area contributed by atoms with Gasteiger partial charge < -0.3 is 5.32 Å². The molecule has 0 bridgehead atoms. The predicted molar refractivity (Wildman–Crippen MR) is 95.8 cm³/mol. The molecule has 2 N–H and O–H groups in total. The summed E-state index contributed by atoms with van der Waals surface area (Å²) in [6, 6.07) is 11.4. The zero-order valence-corrected chi connectivity index (χ0v) is 15.1. The minimum Gasteiger partial charge on any atom is -0.350 e. The van der Waals surface area contributed by atoms with E-state index in [2.05, 4.69) is 10.0 Å². The first-order valence-electron chi connectivity index (χ1n) is 7.69. The van der Waals surface area contributed by atoms with E-state index in [0.717, 1.165) is 11.1 Å². The molecule has 5 nitrogen and oxygen atoms in total. The van der Waals surface area contributed by atoms with Gasteiger partial charge in [0.2, 0.25) is 0 Å². The standard InChI is InChI=1S/C18H22N2O3S/c1-12(2)19-18(21)15-5-7-17(8-6-15)24(22,23)20-16-10-13(3)9-14(4)11-16/h5-12,20H,1-4H3,(H,19,21). The molecule has 0 aromatic heterocycles. The van der Waals surface area contributed by atoms with Crippen LogP contribution in [0.2, 0.25) is 0 Å². The van der Waals surface area contributed by atoms with Crippen molar-refractivity contribution < 1.29 is 13.2 Å². The lowest BCUT2D eigenvalue weighted by atomic mass is 10.1. The van der Waals surface area contributed by atoms with Crippen molar-refractivity contribution in [2.45, 2.75) is 38.6 Å². The molecule has 128 valence electrons. The van der Waals surface area contributed by atoms with Gasteiger partial charge in [-0.3, -0.25) is 9.52 Å². The van der Waals surface area contributed by atoms with E-state index in [4.69, 9.17) is 0 Å². The number of benzene rings is 2. The van der Waals surface area contributed by atoms with E-state index in [1.807, 2.05) is 33.8 Å². The molecule has 0 spiro atoms. The normalized spacial score (nSPS) is 11.4. The Hall–Kier alpha value is -2.34. The molecule has 0 aliphatic heterocycles. The van der Waals surface area contributed by atoms with Gasteiger partial charge in [-0.15, -0.1) is 0 Å². The first-order chi connectivity index (χ1) is 11.2. The third kappa shape index (κ3) is 4.58. The molecule has 0 aliphatic rings. The summed E-state index contributed by atoms with van der Waals surface area (Å²) in [4.78, 5) is 12.0. The highest BCUT2D eigenvalue weighted by Crippen LogP contribution is 2.19. The molecule has 0 saturated carbocycles. The minimum atomic E-state index is -3.69. The number of rotatable bonds is 5. The van der Waals surface area contributed by atoms with E-state index in [1.54, 1.807) is 12.1 Å². The van der Waals surface area contributed by atoms with E-state index >= 15 is 0 Å². The average Bonchev–Trinajstić information content (AvgIpc) is 2.45. The predicted octanol–water partition coefficient (Wildman–Crippen LogP) is 3.24. The number of amides is 1. The molecular formula is C18H22N2O3S. The highest BCUT2D eigenvalue weighted by atomic mass is 32.2. The molecule has 6 heteroatoms. The van der Waals surface area contributed by atoms with E-state index < -0.39 is 10.0 Å². The van der Waals surface area contributed by atoms with Crippen LogP contribution in [0.15, 0.2) is 47.4 Å². The molecule has 24 heavy (non-hydrogen) atoms. The van der Waals surface area contributed by atoms with Crippen molar-refractivity contribution in [2.75, 3.05) is 4.72 Å². The number of aryl methyl sites for hydroxylation is 2. The average molecular weight is 346 g/mol. The lowest BCUT2D eigenvalue weighted by Crippen LogP contribution is -2.30. The Morgan fingerprint density at radius 3 is 2.00 bits per heavy atom. The zero-order valence-electron chi connectivity index (χ0n) is 14.3. The largest absolute Gasteiger partial charge is 0.350 e. The topological polar surface area (TPSA) is 75.3 Å². The maximum Gasteiger partial charge on any atom is 0.261 e. The van der Waals surface area contributed by atoms with Gasteiger partial charge in [0.25, 0.3) is 15.9 Å². The summed E-state index contributed by atoms with van der Waals surface area (Å²) in [7, 11) is -3.69. The number of carbonyl (C=O) groups excluding carboxylic acids is 1. The quantitative estimate of drug-likeness (QED) is 0.873. The first kappa shape index (κ1) is 18.0. The van der Waals surface area contributed by atoms with Gasteiger partial charge in [-0.1, -0.05) is 6.07 Å². The van der Waals surface area contributed by atoms with Crippen molar-refractivity contribution in [3.05, 3.63) is 59.2 Å². The Labute approximate surface area is 143 Å². The van der Waals surface area contributed by atoms with Gasteiger partial charge >= 0.3 is 0 Å². The van der Waals surface area contributed by atoms with Gasteiger partial charge in [0.05, 0.1) is 4.90 Å². The van der Waals surface area contributed by atoms with Crippen molar-refractivity contribution in [1.82, 2.24) is 5.32 Å². The van der Waals surface area contributed by atoms with Gasteiger partial charge in [-0.25, -0.2) is 8.42 Å². The molecule has 0 heterocycles. The van der Waals surface area contributed by atoms with Crippen molar-refractivity contribution in [3.63, 3.8) is 0 Å². The number of hydrogen-bond acceptors (Lipinski definition) is 3. The molecule has 0 fully saturated rings. The Kier molecular flexibility index (Phi) is 5.29. The molecule has 0 unspecified atom stereocenters. The van der Waals surface area contributed by atoms with Crippen LogP contribution in [0, 0.1) is 13.8 Å². The van der Waals surface area contributed by atoms with E-state index in [9.17, 15) is 13.2 Å². The number of carbonyl (C=O) groups is 1. The molecule has 0 saturated heterocycles. The van der Waals surface area contributed by atoms with Crippen LogP contribution in [0.1, 0.15) is 35.3 Å². The Morgan fingerprint density at radius 1 is 0.958 bits per heavy atom. The maximum absolute atomic E-state index is 12.5. The molecule has 2 aromatic rings. The van der Waals surface area contributed by atoms with Crippen LogP contribution in [0.25, 0.3) is 0 Å². The second kappa shape index (κ2) is 7.05. The number of sulfonamides is 1. The van der Waals surface area contributed by atoms with Crippen LogP contribution in [0.4, 0.5) is 5.69 Å². The minimum absolute atomic E-state index is 0.0205. The highest BCUT2D eigenvalue weighted by molar-refractivity contribution is 7.92. The van der Waals surface area contributed by atoms with E-state index in [-0.39, 0.29) is 16.8 Å². The van der Waals surface area contributed by atoms with Gasteiger partial charge in [-0.2, -0.15) is 0 Å². The van der Waals surface area contributed by atoms with Crippen LogP contribution < -0.4 is 10.0 Å². The molecule has 0 atom stereocenters. The molecule has 1 amide bonds. The van der Waals surface area contributed by atoms with Crippen LogP contribution in [0.5, 0.6) is 0 Å². The van der Waals surface area contributed by atoms with Crippen molar-refractivity contribution in [2.24, 2.45) is 0 Å². The van der Waals surface area contributed by atoms with Crippen LogP contribution >= 0.6 is 0 Å². The van der Waals surface area contributed by atoms with E-state index in [1.165, 1.54) is 24.3 Å². The number of anilines is 1. The maximum atomic E-state index is 12.5. The second-order valence-electron chi connectivity index (χ2n) is 6.13. The Balaban J connectivity index is 2.22. The van der Waals surface area contributed by atoms with Crippen LogP contribution in [-0.4, -0.2) is 20.4 Å². The number of hydrogen-bond donors (Lipinski definition) is 2. The van der Waals surface area contributed by atoms with Gasteiger partial charge in [-0.05, 0) is 75.2 Å². The third-order valence-corrected chi connectivity index (χ3v) is 4.72. The summed E-state index contributed by atoms with van der Waals surface area (Å²) in [5.74, 6) is -0.226. The van der Waals surface area contributed by atoms with Gasteiger partial charge in [0.1, 0.15) is 0 Å². The smallest absolute Gasteiger partial charge is 0.261 e. The molecule has 2 aromatic carbocycles. The highest BCUT2D eigenvalue weighted by Gasteiger charge is 2.15. The summed E-state index contributed by atoms with van der Waals surface area (Å²) in [5.41, 5.74) is 2.91. The lowest BCUT2D eigenvalue weighted by Gasteiger charge is -2.11. The summed E-state index contributed by atoms with van der Waals surface area (Å²) >= 11 is 0. The van der Waals surface area contributed by atoms with Gasteiger partial charge in [0, 0.05) is 17.3 Å². The van der Waals surface area contributed by atoms with Crippen molar-refractivity contribution in [3.8, 4) is 0 Å². The summed E-state index contributed by atoms with van der Waals surface area (Å²) < 4.78 is 27.5.